The third kappa shape index (κ3) is 3.66. The van der Waals surface area contributed by atoms with Crippen LogP contribution in [-0.4, -0.2) is 13.5 Å². The van der Waals surface area contributed by atoms with E-state index in [0.29, 0.717) is 5.56 Å². The average molecular weight is 309 g/mol. The minimum atomic E-state index is -3.75. The first-order chi connectivity index (χ1) is 9.94. The molecule has 0 atom stereocenters. The van der Waals surface area contributed by atoms with Gasteiger partial charge in [0.1, 0.15) is 5.82 Å². The lowest BCUT2D eigenvalue weighted by molar-refractivity contribution is 0.280. The van der Waals surface area contributed by atoms with Crippen LogP contribution in [0.2, 0.25) is 0 Å². The van der Waals surface area contributed by atoms with Crippen molar-refractivity contribution in [2.75, 3.05) is 0 Å². The first kappa shape index (κ1) is 15.6. The van der Waals surface area contributed by atoms with E-state index in [0.717, 1.165) is 5.56 Å². The molecule has 2 aromatic rings. The smallest absolute Gasteiger partial charge is 0.240 e. The molecule has 2 N–H and O–H groups in total. The van der Waals surface area contributed by atoms with Gasteiger partial charge in [-0.15, -0.1) is 0 Å². The Bertz CT molecular complexity index is 744. The summed E-state index contributed by atoms with van der Waals surface area (Å²) in [6.45, 7) is 1.43. The first-order valence-corrected chi connectivity index (χ1v) is 7.86. The van der Waals surface area contributed by atoms with E-state index in [1.54, 1.807) is 25.1 Å². The van der Waals surface area contributed by atoms with Gasteiger partial charge in [0.25, 0.3) is 0 Å². The van der Waals surface area contributed by atoms with Gasteiger partial charge in [-0.3, -0.25) is 0 Å². The number of benzene rings is 2. The fourth-order valence-corrected chi connectivity index (χ4v) is 2.94. The summed E-state index contributed by atoms with van der Waals surface area (Å²) in [5.74, 6) is -0.458. The normalized spacial score (nSPS) is 11.6. The second-order valence-electron chi connectivity index (χ2n) is 4.66. The topological polar surface area (TPSA) is 66.4 Å². The number of sulfonamides is 1. The van der Waals surface area contributed by atoms with Gasteiger partial charge in [0.05, 0.1) is 11.5 Å². The molecule has 0 aliphatic carbocycles. The van der Waals surface area contributed by atoms with E-state index < -0.39 is 15.8 Å². The molecular weight excluding hydrogens is 293 g/mol. The van der Waals surface area contributed by atoms with E-state index in [-0.39, 0.29) is 23.6 Å². The fourth-order valence-electron chi connectivity index (χ4n) is 1.88. The third-order valence-corrected chi connectivity index (χ3v) is 4.61. The number of hydrogen-bond acceptors (Lipinski definition) is 3. The Hall–Kier alpha value is -1.76. The number of nitrogens with one attached hydrogen (secondary N) is 1. The molecule has 0 amide bonds. The predicted octanol–water partition coefficient (Wildman–Crippen LogP) is 2.10. The zero-order valence-electron chi connectivity index (χ0n) is 11.5. The van der Waals surface area contributed by atoms with Crippen LogP contribution in [0, 0.1) is 12.7 Å². The second kappa shape index (κ2) is 6.34. The first-order valence-electron chi connectivity index (χ1n) is 6.37. The SMILES string of the molecule is Cc1ccc(S(=O)(=O)NCc2ccccc2F)cc1CO. The van der Waals surface area contributed by atoms with Crippen molar-refractivity contribution < 1.29 is 17.9 Å². The maximum atomic E-state index is 13.5. The molecule has 2 rings (SSSR count). The van der Waals surface area contributed by atoms with Crippen molar-refractivity contribution in [3.8, 4) is 0 Å². The van der Waals surface area contributed by atoms with Gasteiger partial charge in [-0.25, -0.2) is 17.5 Å². The minimum absolute atomic E-state index is 0.0495. The monoisotopic (exact) mass is 309 g/mol. The maximum Gasteiger partial charge on any atom is 0.240 e. The third-order valence-electron chi connectivity index (χ3n) is 3.21. The second-order valence-corrected chi connectivity index (χ2v) is 6.43. The Morgan fingerprint density at radius 3 is 2.52 bits per heavy atom. The van der Waals surface area contributed by atoms with Gasteiger partial charge < -0.3 is 5.11 Å². The molecule has 112 valence electrons. The zero-order chi connectivity index (χ0) is 15.5. The van der Waals surface area contributed by atoms with Crippen LogP contribution in [0.25, 0.3) is 0 Å². The number of hydrogen-bond donors (Lipinski definition) is 2. The molecule has 0 radical (unpaired) electrons. The van der Waals surface area contributed by atoms with Gasteiger partial charge in [-0.05, 0) is 36.2 Å². The van der Waals surface area contributed by atoms with Crippen molar-refractivity contribution in [2.24, 2.45) is 0 Å². The van der Waals surface area contributed by atoms with Crippen LogP contribution < -0.4 is 4.72 Å². The highest BCUT2D eigenvalue weighted by Crippen LogP contribution is 2.16. The number of rotatable bonds is 5. The molecule has 6 heteroatoms. The molecule has 4 nitrogen and oxygen atoms in total. The van der Waals surface area contributed by atoms with E-state index in [2.05, 4.69) is 4.72 Å². The Morgan fingerprint density at radius 1 is 1.14 bits per heavy atom. The zero-order valence-corrected chi connectivity index (χ0v) is 12.3. The molecule has 0 bridgehead atoms. The lowest BCUT2D eigenvalue weighted by Crippen LogP contribution is -2.24. The van der Waals surface area contributed by atoms with Gasteiger partial charge in [-0.2, -0.15) is 0 Å². The van der Waals surface area contributed by atoms with Crippen molar-refractivity contribution in [3.63, 3.8) is 0 Å². The standard InChI is InChI=1S/C15H16FNO3S/c1-11-6-7-14(8-13(11)10-18)21(19,20)17-9-12-4-2-3-5-15(12)16/h2-8,17-18H,9-10H2,1H3. The van der Waals surface area contributed by atoms with Crippen LogP contribution in [-0.2, 0) is 23.2 Å². The number of aryl methyl sites for hydroxylation is 1. The Labute approximate surface area is 123 Å². The molecule has 0 fully saturated rings. The van der Waals surface area contributed by atoms with Crippen LogP contribution in [0.3, 0.4) is 0 Å². The minimum Gasteiger partial charge on any atom is -0.392 e. The van der Waals surface area contributed by atoms with Crippen LogP contribution in [0.5, 0.6) is 0 Å². The number of aliphatic hydroxyl groups excluding tert-OH is 1. The highest BCUT2D eigenvalue weighted by atomic mass is 32.2. The predicted molar refractivity (Wildman–Crippen MR) is 77.5 cm³/mol. The molecule has 0 spiro atoms. The van der Waals surface area contributed by atoms with Gasteiger partial charge in [0.15, 0.2) is 0 Å². The lowest BCUT2D eigenvalue weighted by atomic mass is 10.1. The highest BCUT2D eigenvalue weighted by molar-refractivity contribution is 7.89. The summed E-state index contributed by atoms with van der Waals surface area (Å²) in [5.41, 5.74) is 1.63. The Kier molecular flexibility index (Phi) is 4.72. The van der Waals surface area contributed by atoms with Crippen LogP contribution >= 0.6 is 0 Å². The average Bonchev–Trinajstić information content (AvgIpc) is 2.46. The lowest BCUT2D eigenvalue weighted by Gasteiger charge is -2.10. The van der Waals surface area contributed by atoms with Crippen LogP contribution in [0.4, 0.5) is 4.39 Å². The van der Waals surface area contributed by atoms with E-state index in [1.807, 2.05) is 0 Å². The molecule has 0 saturated carbocycles. The quantitative estimate of drug-likeness (QED) is 0.889. The summed E-state index contributed by atoms with van der Waals surface area (Å²) in [6, 6.07) is 10.5. The van der Waals surface area contributed by atoms with Gasteiger partial charge in [0, 0.05) is 12.1 Å². The van der Waals surface area contributed by atoms with Crippen molar-refractivity contribution in [2.45, 2.75) is 25.0 Å². The number of aliphatic hydroxyl groups is 1. The van der Waals surface area contributed by atoms with E-state index in [9.17, 15) is 17.9 Å². The van der Waals surface area contributed by atoms with Crippen LogP contribution in [0.1, 0.15) is 16.7 Å². The molecule has 2 aromatic carbocycles. The van der Waals surface area contributed by atoms with E-state index in [1.165, 1.54) is 24.3 Å². The fraction of sp³-hybridized carbons (Fsp3) is 0.200. The van der Waals surface area contributed by atoms with Crippen molar-refractivity contribution in [3.05, 3.63) is 65.0 Å². The molecule has 0 saturated heterocycles. The highest BCUT2D eigenvalue weighted by Gasteiger charge is 2.15. The summed E-state index contributed by atoms with van der Waals surface area (Å²) in [5, 5.41) is 9.19. The number of halogens is 1. The van der Waals surface area contributed by atoms with E-state index >= 15 is 0 Å². The molecule has 0 aliphatic heterocycles. The van der Waals surface area contributed by atoms with Crippen molar-refractivity contribution >= 4 is 10.0 Å². The molecule has 0 aliphatic rings. The van der Waals surface area contributed by atoms with Gasteiger partial charge in [0.2, 0.25) is 10.0 Å². The summed E-state index contributed by atoms with van der Waals surface area (Å²) in [4.78, 5) is 0.0495. The maximum absolute atomic E-state index is 13.5. The summed E-state index contributed by atoms with van der Waals surface area (Å²) in [7, 11) is -3.75. The Balaban J connectivity index is 2.21. The largest absolute Gasteiger partial charge is 0.392 e. The molecule has 0 aromatic heterocycles. The summed E-state index contributed by atoms with van der Waals surface area (Å²) >= 11 is 0. The molecule has 0 unspecified atom stereocenters. The molecule has 21 heavy (non-hydrogen) atoms. The Morgan fingerprint density at radius 2 is 1.86 bits per heavy atom. The summed E-state index contributed by atoms with van der Waals surface area (Å²) < 4.78 is 40.2. The summed E-state index contributed by atoms with van der Waals surface area (Å²) in [6.07, 6.45) is 0. The van der Waals surface area contributed by atoms with Crippen molar-refractivity contribution in [1.29, 1.82) is 0 Å². The van der Waals surface area contributed by atoms with Crippen LogP contribution in [0.15, 0.2) is 47.4 Å². The van der Waals surface area contributed by atoms with Crippen molar-refractivity contribution in [1.82, 2.24) is 4.72 Å². The molecule has 0 heterocycles. The van der Waals surface area contributed by atoms with Gasteiger partial charge >= 0.3 is 0 Å². The van der Waals surface area contributed by atoms with Gasteiger partial charge in [-0.1, -0.05) is 24.3 Å². The molecular formula is C15H16FNO3S. The van der Waals surface area contributed by atoms with E-state index in [4.69, 9.17) is 0 Å².